The van der Waals surface area contributed by atoms with Crippen LogP contribution in [-0.2, 0) is 14.3 Å². The zero-order chi connectivity index (χ0) is 13.7. The molecule has 5 heteroatoms. The van der Waals surface area contributed by atoms with Crippen molar-refractivity contribution < 1.29 is 19.4 Å². The van der Waals surface area contributed by atoms with Crippen LogP contribution in [0.1, 0.15) is 38.5 Å². The topological polar surface area (TPSA) is 75.6 Å². The van der Waals surface area contributed by atoms with Crippen LogP contribution in [0.25, 0.3) is 0 Å². The maximum atomic E-state index is 12.0. The first-order chi connectivity index (χ1) is 9.16. The molecule has 1 saturated heterocycles. The number of rotatable bonds is 5. The fraction of sp³-hybridized carbons (Fsp3) is 0.857. The van der Waals surface area contributed by atoms with Gasteiger partial charge >= 0.3 is 5.97 Å². The Morgan fingerprint density at radius 2 is 2.00 bits per heavy atom. The summed E-state index contributed by atoms with van der Waals surface area (Å²) in [5, 5.41) is 12.0. The highest BCUT2D eigenvalue weighted by Crippen LogP contribution is 2.29. The molecule has 0 bridgehead atoms. The van der Waals surface area contributed by atoms with E-state index >= 15 is 0 Å². The summed E-state index contributed by atoms with van der Waals surface area (Å²) in [4.78, 5) is 23.0. The van der Waals surface area contributed by atoms with E-state index in [0.29, 0.717) is 25.3 Å². The summed E-state index contributed by atoms with van der Waals surface area (Å²) in [5.74, 6) is -0.619. The highest BCUT2D eigenvalue weighted by Gasteiger charge is 2.30. The maximum absolute atomic E-state index is 12.0. The zero-order valence-electron chi connectivity index (χ0n) is 11.3. The van der Waals surface area contributed by atoms with Gasteiger partial charge in [0.1, 0.15) is 0 Å². The summed E-state index contributed by atoms with van der Waals surface area (Å²) in [5.41, 5.74) is 0. The summed E-state index contributed by atoms with van der Waals surface area (Å²) >= 11 is 0. The third-order valence-corrected chi connectivity index (χ3v) is 4.27. The van der Waals surface area contributed by atoms with Crippen molar-refractivity contribution in [2.24, 2.45) is 17.8 Å². The minimum Gasteiger partial charge on any atom is -0.481 e. The number of nitrogens with one attached hydrogen (secondary N) is 1. The minimum atomic E-state index is -0.763. The molecule has 108 valence electrons. The minimum absolute atomic E-state index is 0.0323. The Balaban J connectivity index is 1.68. The third-order valence-electron chi connectivity index (χ3n) is 4.27. The van der Waals surface area contributed by atoms with E-state index in [2.05, 4.69) is 5.32 Å². The van der Waals surface area contributed by atoms with Crippen molar-refractivity contribution in [2.45, 2.75) is 38.5 Å². The van der Waals surface area contributed by atoms with Gasteiger partial charge in [-0.3, -0.25) is 9.59 Å². The van der Waals surface area contributed by atoms with Crippen LogP contribution in [0.15, 0.2) is 0 Å². The van der Waals surface area contributed by atoms with Gasteiger partial charge in [-0.05, 0) is 38.0 Å². The Morgan fingerprint density at radius 3 is 2.68 bits per heavy atom. The van der Waals surface area contributed by atoms with Gasteiger partial charge in [0.05, 0.1) is 5.92 Å². The molecule has 2 aliphatic rings. The smallest absolute Gasteiger partial charge is 0.306 e. The molecule has 3 unspecified atom stereocenters. The Bertz CT molecular complexity index is 325. The predicted octanol–water partition coefficient (Wildman–Crippen LogP) is 1.42. The van der Waals surface area contributed by atoms with Crippen molar-refractivity contribution in [3.63, 3.8) is 0 Å². The van der Waals surface area contributed by atoms with Gasteiger partial charge in [0, 0.05) is 25.7 Å². The van der Waals surface area contributed by atoms with Gasteiger partial charge in [-0.1, -0.05) is 6.42 Å². The van der Waals surface area contributed by atoms with E-state index in [1.54, 1.807) is 0 Å². The second-order valence-electron chi connectivity index (χ2n) is 5.71. The molecular formula is C14H23NO4. The summed E-state index contributed by atoms with van der Waals surface area (Å²) in [7, 11) is 0. The fourth-order valence-electron chi connectivity index (χ4n) is 3.01. The summed E-state index contributed by atoms with van der Waals surface area (Å²) in [6.45, 7) is 2.32. The monoisotopic (exact) mass is 269 g/mol. The molecule has 1 aliphatic carbocycles. The second kappa shape index (κ2) is 6.89. The first-order valence-electron chi connectivity index (χ1n) is 7.25. The van der Waals surface area contributed by atoms with Crippen molar-refractivity contribution in [3.05, 3.63) is 0 Å². The molecule has 3 atom stereocenters. The SMILES string of the molecule is O=C(O)C1CCCC(C(=O)NCCC2CCOC2)C1. The lowest BCUT2D eigenvalue weighted by atomic mass is 9.81. The molecule has 5 nitrogen and oxygen atoms in total. The number of aliphatic carboxylic acids is 1. The number of carbonyl (C=O) groups is 2. The van der Waals surface area contributed by atoms with Crippen LogP contribution < -0.4 is 5.32 Å². The molecule has 1 amide bonds. The lowest BCUT2D eigenvalue weighted by molar-refractivity contribution is -0.144. The van der Waals surface area contributed by atoms with Gasteiger partial charge in [-0.25, -0.2) is 0 Å². The van der Waals surface area contributed by atoms with E-state index < -0.39 is 5.97 Å². The summed E-state index contributed by atoms with van der Waals surface area (Å²) in [6.07, 6.45) is 4.90. The van der Waals surface area contributed by atoms with E-state index in [4.69, 9.17) is 9.84 Å². The molecule has 1 saturated carbocycles. The van der Waals surface area contributed by atoms with E-state index in [-0.39, 0.29) is 17.7 Å². The molecular weight excluding hydrogens is 246 g/mol. The number of ether oxygens (including phenoxy) is 1. The number of carboxylic acids is 1. The molecule has 0 spiro atoms. The van der Waals surface area contributed by atoms with Crippen molar-refractivity contribution in [2.75, 3.05) is 19.8 Å². The lowest BCUT2D eigenvalue weighted by Gasteiger charge is -2.25. The highest BCUT2D eigenvalue weighted by atomic mass is 16.5. The number of hydrogen-bond donors (Lipinski definition) is 2. The first kappa shape index (κ1) is 14.3. The largest absolute Gasteiger partial charge is 0.481 e. The number of amides is 1. The molecule has 0 aromatic heterocycles. The van der Waals surface area contributed by atoms with Crippen LogP contribution in [0, 0.1) is 17.8 Å². The average molecular weight is 269 g/mol. The number of hydrogen-bond acceptors (Lipinski definition) is 3. The van der Waals surface area contributed by atoms with E-state index in [9.17, 15) is 9.59 Å². The molecule has 1 aliphatic heterocycles. The van der Waals surface area contributed by atoms with Crippen molar-refractivity contribution in [1.29, 1.82) is 0 Å². The molecule has 0 radical (unpaired) electrons. The summed E-state index contributed by atoms with van der Waals surface area (Å²) < 4.78 is 5.29. The summed E-state index contributed by atoms with van der Waals surface area (Å²) in [6, 6.07) is 0. The molecule has 2 N–H and O–H groups in total. The third kappa shape index (κ3) is 4.20. The van der Waals surface area contributed by atoms with Gasteiger partial charge < -0.3 is 15.2 Å². The maximum Gasteiger partial charge on any atom is 0.306 e. The molecule has 0 aromatic carbocycles. The molecule has 0 aromatic rings. The van der Waals surface area contributed by atoms with Crippen molar-refractivity contribution in [3.8, 4) is 0 Å². The van der Waals surface area contributed by atoms with Crippen LogP contribution in [0.4, 0.5) is 0 Å². The Labute approximate surface area is 113 Å². The van der Waals surface area contributed by atoms with Gasteiger partial charge in [-0.15, -0.1) is 0 Å². The standard InChI is InChI=1S/C14H23NO4/c16-13(15-6-4-10-5-7-19-9-10)11-2-1-3-12(8-11)14(17)18/h10-12H,1-9H2,(H,15,16)(H,17,18). The number of carboxylic acid groups (broad SMARTS) is 1. The Kier molecular flexibility index (Phi) is 5.19. The van der Waals surface area contributed by atoms with E-state index in [1.807, 2.05) is 0 Å². The Morgan fingerprint density at radius 1 is 1.21 bits per heavy atom. The van der Waals surface area contributed by atoms with Crippen LogP contribution in [0.5, 0.6) is 0 Å². The van der Waals surface area contributed by atoms with Crippen molar-refractivity contribution in [1.82, 2.24) is 5.32 Å². The second-order valence-corrected chi connectivity index (χ2v) is 5.71. The van der Waals surface area contributed by atoms with Crippen LogP contribution in [0.3, 0.4) is 0 Å². The van der Waals surface area contributed by atoms with Gasteiger partial charge in [0.15, 0.2) is 0 Å². The van der Waals surface area contributed by atoms with Crippen molar-refractivity contribution >= 4 is 11.9 Å². The van der Waals surface area contributed by atoms with E-state index in [0.717, 1.165) is 38.9 Å². The predicted molar refractivity (Wildman–Crippen MR) is 69.6 cm³/mol. The van der Waals surface area contributed by atoms with Crippen LogP contribution >= 0.6 is 0 Å². The molecule has 1 heterocycles. The quantitative estimate of drug-likeness (QED) is 0.791. The van der Waals surface area contributed by atoms with Crippen LogP contribution in [0.2, 0.25) is 0 Å². The van der Waals surface area contributed by atoms with Gasteiger partial charge in [-0.2, -0.15) is 0 Å². The lowest BCUT2D eigenvalue weighted by Crippen LogP contribution is -2.36. The van der Waals surface area contributed by atoms with Gasteiger partial charge in [0.25, 0.3) is 0 Å². The molecule has 2 fully saturated rings. The van der Waals surface area contributed by atoms with Gasteiger partial charge in [0.2, 0.25) is 5.91 Å². The molecule has 2 rings (SSSR count). The molecule has 19 heavy (non-hydrogen) atoms. The Hall–Kier alpha value is -1.10. The average Bonchev–Trinajstić information content (AvgIpc) is 2.92. The first-order valence-corrected chi connectivity index (χ1v) is 7.25. The zero-order valence-corrected chi connectivity index (χ0v) is 11.3. The normalized spacial score (nSPS) is 31.1. The highest BCUT2D eigenvalue weighted by molar-refractivity contribution is 5.80. The fourth-order valence-corrected chi connectivity index (χ4v) is 3.01. The van der Waals surface area contributed by atoms with E-state index in [1.165, 1.54) is 0 Å². The number of carbonyl (C=O) groups excluding carboxylic acids is 1. The van der Waals surface area contributed by atoms with Crippen LogP contribution in [-0.4, -0.2) is 36.7 Å².